The van der Waals surface area contributed by atoms with Crippen LogP contribution in [0.25, 0.3) is 0 Å². The summed E-state index contributed by atoms with van der Waals surface area (Å²) in [6.45, 7) is 6.84. The Morgan fingerprint density at radius 2 is 1.31 bits per heavy atom. The van der Waals surface area contributed by atoms with E-state index < -0.39 is 26.7 Å². The smallest absolute Gasteiger partial charge is 0.455 e. The van der Waals surface area contributed by atoms with Gasteiger partial charge in [-0.3, -0.25) is 14.4 Å². The van der Waals surface area contributed by atoms with Crippen LogP contribution in [-0.2, 0) is 27.7 Å². The lowest BCUT2D eigenvalue weighted by Gasteiger charge is -2.24. The first-order chi connectivity index (χ1) is 7.31. The average Bonchev–Trinajstić information content (AvgIpc) is 1.98. The van der Waals surface area contributed by atoms with Crippen LogP contribution in [-0.4, -0.2) is 26.7 Å². The summed E-state index contributed by atoms with van der Waals surface area (Å²) in [6, 6.07) is -0.00819. The maximum absolute atomic E-state index is 10.9. The average molecular weight is 246 g/mol. The van der Waals surface area contributed by atoms with Crippen LogP contribution in [0.15, 0.2) is 12.7 Å². The van der Waals surface area contributed by atoms with Crippen molar-refractivity contribution in [3.05, 3.63) is 12.7 Å². The van der Waals surface area contributed by atoms with Crippen LogP contribution >= 0.6 is 0 Å². The van der Waals surface area contributed by atoms with Crippen LogP contribution in [0.1, 0.15) is 20.8 Å². The summed E-state index contributed by atoms with van der Waals surface area (Å²) in [5.74, 6) is -2.05. The summed E-state index contributed by atoms with van der Waals surface area (Å²) < 4.78 is 14.5. The molecule has 0 unspecified atom stereocenters. The zero-order chi connectivity index (χ0) is 12.8. The molecule has 0 N–H and O–H groups in total. The molecule has 0 aliphatic carbocycles. The van der Waals surface area contributed by atoms with Crippen molar-refractivity contribution >= 4 is 26.7 Å². The molecule has 0 saturated heterocycles. The SMILES string of the molecule is C=CC[Si](OC(C)=O)(OC(C)=O)OC(C)=O. The molecule has 7 heteroatoms. The second-order valence-corrected chi connectivity index (χ2v) is 5.34. The van der Waals surface area contributed by atoms with Crippen molar-refractivity contribution in [2.45, 2.75) is 26.8 Å². The van der Waals surface area contributed by atoms with Crippen molar-refractivity contribution in [3.63, 3.8) is 0 Å². The summed E-state index contributed by atoms with van der Waals surface area (Å²) in [6.07, 6.45) is 1.36. The maximum Gasteiger partial charge on any atom is 0.709 e. The molecule has 0 spiro atoms. The van der Waals surface area contributed by atoms with Crippen molar-refractivity contribution in [1.82, 2.24) is 0 Å². The first-order valence-corrected chi connectivity index (χ1v) is 6.44. The number of carbonyl (C=O) groups excluding carboxylic acids is 3. The largest absolute Gasteiger partial charge is 0.709 e. The summed E-state index contributed by atoms with van der Waals surface area (Å²) in [5, 5.41) is 0. The number of hydrogen-bond acceptors (Lipinski definition) is 6. The van der Waals surface area contributed by atoms with Crippen LogP contribution in [0.5, 0.6) is 0 Å². The van der Waals surface area contributed by atoms with E-state index in [0.717, 1.165) is 20.8 Å². The van der Waals surface area contributed by atoms with Gasteiger partial charge >= 0.3 is 8.80 Å². The third-order valence-corrected chi connectivity index (χ3v) is 3.88. The quantitative estimate of drug-likeness (QED) is 0.527. The van der Waals surface area contributed by atoms with Gasteiger partial charge in [-0.05, 0) is 0 Å². The van der Waals surface area contributed by atoms with Gasteiger partial charge in [-0.2, -0.15) is 0 Å². The Balaban J connectivity index is 5.00. The lowest BCUT2D eigenvalue weighted by molar-refractivity contribution is -0.147. The second kappa shape index (κ2) is 6.06. The van der Waals surface area contributed by atoms with Gasteiger partial charge in [-0.25, -0.2) is 0 Å². The summed E-state index contributed by atoms with van der Waals surface area (Å²) >= 11 is 0. The van der Waals surface area contributed by atoms with Crippen LogP contribution in [0.2, 0.25) is 6.04 Å². The van der Waals surface area contributed by atoms with E-state index in [1.807, 2.05) is 0 Å². The molecule has 0 aliphatic heterocycles. The van der Waals surface area contributed by atoms with Gasteiger partial charge in [0.1, 0.15) is 0 Å². The predicted molar refractivity (Wildman–Crippen MR) is 56.1 cm³/mol. The van der Waals surface area contributed by atoms with Gasteiger partial charge in [0, 0.05) is 20.8 Å². The van der Waals surface area contributed by atoms with E-state index in [4.69, 9.17) is 13.3 Å². The van der Waals surface area contributed by atoms with E-state index >= 15 is 0 Å². The van der Waals surface area contributed by atoms with Crippen molar-refractivity contribution < 1.29 is 27.7 Å². The third-order valence-electron chi connectivity index (χ3n) is 1.29. The van der Waals surface area contributed by atoms with Gasteiger partial charge in [0.25, 0.3) is 17.9 Å². The predicted octanol–water partition coefficient (Wildman–Crippen LogP) is 0.801. The van der Waals surface area contributed by atoms with Crippen molar-refractivity contribution in [2.75, 3.05) is 0 Å². The van der Waals surface area contributed by atoms with Gasteiger partial charge in [-0.15, -0.1) is 6.58 Å². The Labute approximate surface area is 94.5 Å². The van der Waals surface area contributed by atoms with Crippen molar-refractivity contribution in [3.8, 4) is 0 Å². The number of rotatable bonds is 5. The molecule has 0 fully saturated rings. The molecule has 0 aliphatic rings. The highest BCUT2D eigenvalue weighted by molar-refractivity contribution is 6.66. The normalized spacial score (nSPS) is 10.2. The first kappa shape index (κ1) is 14.4. The third kappa shape index (κ3) is 5.30. The molecule has 90 valence electrons. The molecule has 0 heterocycles. The Morgan fingerprint density at radius 1 is 1.00 bits per heavy atom. The molecule has 0 saturated carbocycles. The lowest BCUT2D eigenvalue weighted by atomic mass is 10.8. The van der Waals surface area contributed by atoms with Gasteiger partial charge in [0.2, 0.25) is 0 Å². The fraction of sp³-hybridized carbons (Fsp3) is 0.444. The van der Waals surface area contributed by atoms with Gasteiger partial charge in [0.05, 0.1) is 6.04 Å². The molecule has 0 aromatic rings. The van der Waals surface area contributed by atoms with E-state index in [0.29, 0.717) is 0 Å². The number of allylic oxidation sites excluding steroid dienone is 1. The Kier molecular flexibility index (Phi) is 5.44. The summed E-state index contributed by atoms with van der Waals surface area (Å²) in [5.41, 5.74) is 0. The molecule has 0 rings (SSSR count). The van der Waals surface area contributed by atoms with Crippen LogP contribution in [0, 0.1) is 0 Å². The zero-order valence-corrected chi connectivity index (χ0v) is 10.4. The fourth-order valence-electron chi connectivity index (χ4n) is 1.02. The van der Waals surface area contributed by atoms with Gasteiger partial charge in [-0.1, -0.05) is 6.08 Å². The number of carbonyl (C=O) groups is 3. The highest BCUT2D eigenvalue weighted by atomic mass is 28.4. The fourth-order valence-corrected chi connectivity index (χ4v) is 3.06. The topological polar surface area (TPSA) is 78.9 Å². The minimum atomic E-state index is -3.65. The Morgan fingerprint density at radius 3 is 1.50 bits per heavy atom. The molecule has 0 radical (unpaired) electrons. The second-order valence-electron chi connectivity index (χ2n) is 2.96. The zero-order valence-electron chi connectivity index (χ0n) is 9.44. The van der Waals surface area contributed by atoms with E-state index in [2.05, 4.69) is 6.58 Å². The van der Waals surface area contributed by atoms with Crippen LogP contribution < -0.4 is 0 Å². The molecular weight excluding hydrogens is 232 g/mol. The number of hydrogen-bond donors (Lipinski definition) is 0. The summed E-state index contributed by atoms with van der Waals surface area (Å²) in [4.78, 5) is 32.7. The minimum absolute atomic E-state index is 0.00819. The molecule has 0 amide bonds. The monoisotopic (exact) mass is 246 g/mol. The summed E-state index contributed by atoms with van der Waals surface area (Å²) in [7, 11) is -3.65. The minimum Gasteiger partial charge on any atom is -0.455 e. The van der Waals surface area contributed by atoms with Gasteiger partial charge in [0.15, 0.2) is 0 Å². The molecule has 0 aromatic carbocycles. The van der Waals surface area contributed by atoms with E-state index in [1.165, 1.54) is 6.08 Å². The standard InChI is InChI=1S/C9H14O6Si/c1-5-6-16(13-7(2)10,14-8(3)11)15-9(4)12/h5H,1,6H2,2-4H3. The van der Waals surface area contributed by atoms with Crippen molar-refractivity contribution in [2.24, 2.45) is 0 Å². The van der Waals surface area contributed by atoms with Crippen LogP contribution in [0.3, 0.4) is 0 Å². The Bertz CT molecular complexity index is 270. The highest BCUT2D eigenvalue weighted by Crippen LogP contribution is 2.17. The molecule has 16 heavy (non-hydrogen) atoms. The van der Waals surface area contributed by atoms with E-state index in [1.54, 1.807) is 0 Å². The Hall–Kier alpha value is -1.63. The van der Waals surface area contributed by atoms with Crippen molar-refractivity contribution in [1.29, 1.82) is 0 Å². The highest BCUT2D eigenvalue weighted by Gasteiger charge is 2.50. The van der Waals surface area contributed by atoms with Crippen LogP contribution in [0.4, 0.5) is 0 Å². The molecule has 0 atom stereocenters. The molecule has 6 nitrogen and oxygen atoms in total. The first-order valence-electron chi connectivity index (χ1n) is 4.51. The maximum atomic E-state index is 10.9. The molecule has 0 bridgehead atoms. The van der Waals surface area contributed by atoms with E-state index in [9.17, 15) is 14.4 Å². The lowest BCUT2D eigenvalue weighted by Crippen LogP contribution is -2.48. The van der Waals surface area contributed by atoms with Gasteiger partial charge < -0.3 is 13.3 Å². The molecule has 0 aromatic heterocycles. The molecular formula is C9H14O6Si. The van der Waals surface area contributed by atoms with E-state index in [-0.39, 0.29) is 6.04 Å².